The summed E-state index contributed by atoms with van der Waals surface area (Å²) in [5.41, 5.74) is 1.89. The highest BCUT2D eigenvalue weighted by Crippen LogP contribution is 2.29. The Bertz CT molecular complexity index is 955. The summed E-state index contributed by atoms with van der Waals surface area (Å²) >= 11 is 0. The maximum atomic E-state index is 13.0. The lowest BCUT2D eigenvalue weighted by molar-refractivity contribution is 0.588. The highest BCUT2D eigenvalue weighted by atomic mass is 32.2. The lowest BCUT2D eigenvalue weighted by Gasteiger charge is -2.29. The Kier molecular flexibility index (Phi) is 3.78. The molecule has 0 atom stereocenters. The van der Waals surface area contributed by atoms with E-state index in [1.165, 1.54) is 0 Å². The molecule has 4 rings (SSSR count). The van der Waals surface area contributed by atoms with Crippen LogP contribution in [0.15, 0.2) is 64.5 Å². The Hall–Kier alpha value is -2.31. The van der Waals surface area contributed by atoms with E-state index in [0.717, 1.165) is 42.8 Å². The molecular formula is C18H19N3O2S. The molecule has 124 valence electrons. The molecule has 0 bridgehead atoms. The molecule has 1 fully saturated rings. The first kappa shape index (κ1) is 15.2. The summed E-state index contributed by atoms with van der Waals surface area (Å²) in [5, 5.41) is 4.04. The molecule has 5 nitrogen and oxygen atoms in total. The van der Waals surface area contributed by atoms with Gasteiger partial charge in [-0.3, -0.25) is 0 Å². The summed E-state index contributed by atoms with van der Waals surface area (Å²) in [4.78, 5) is 5.95. The van der Waals surface area contributed by atoms with E-state index in [4.69, 9.17) is 0 Å². The molecule has 2 N–H and O–H groups in total. The topological polar surface area (TPSA) is 65.2 Å². The number of hydrogen-bond donors (Lipinski definition) is 2. The SMILES string of the molecule is O=S(=O)(c1ccc(N2CCNCC2)cc1)c1c[nH]c2ccccc12. The zero-order chi connectivity index (χ0) is 16.6. The molecule has 1 aliphatic heterocycles. The Morgan fingerprint density at radius 1 is 0.917 bits per heavy atom. The second kappa shape index (κ2) is 5.96. The normalized spacial score (nSPS) is 15.8. The second-order valence-electron chi connectivity index (χ2n) is 5.93. The molecule has 0 radical (unpaired) electrons. The number of piperazine rings is 1. The summed E-state index contributed by atoms with van der Waals surface area (Å²) in [7, 11) is -3.53. The molecule has 0 aliphatic carbocycles. The molecule has 0 spiro atoms. The summed E-state index contributed by atoms with van der Waals surface area (Å²) < 4.78 is 25.9. The largest absolute Gasteiger partial charge is 0.369 e. The van der Waals surface area contributed by atoms with Crippen molar-refractivity contribution >= 4 is 26.4 Å². The third-order valence-electron chi connectivity index (χ3n) is 4.47. The van der Waals surface area contributed by atoms with Crippen LogP contribution in [0, 0.1) is 0 Å². The van der Waals surface area contributed by atoms with Gasteiger partial charge in [-0.2, -0.15) is 0 Å². The smallest absolute Gasteiger partial charge is 0.208 e. The zero-order valence-corrected chi connectivity index (χ0v) is 14.0. The van der Waals surface area contributed by atoms with Crippen LogP contribution < -0.4 is 10.2 Å². The van der Waals surface area contributed by atoms with Gasteiger partial charge >= 0.3 is 0 Å². The fourth-order valence-corrected chi connectivity index (χ4v) is 4.58. The summed E-state index contributed by atoms with van der Waals surface area (Å²) in [6.07, 6.45) is 1.57. The quantitative estimate of drug-likeness (QED) is 0.768. The molecule has 0 amide bonds. The standard InChI is InChI=1S/C18H19N3O2S/c22-24(23,18-13-20-17-4-2-1-3-16(17)18)15-7-5-14(6-8-15)21-11-9-19-10-12-21/h1-8,13,19-20H,9-12H2. The Balaban J connectivity index is 1.69. The van der Waals surface area contributed by atoms with Crippen molar-refractivity contribution < 1.29 is 8.42 Å². The van der Waals surface area contributed by atoms with E-state index >= 15 is 0 Å². The van der Waals surface area contributed by atoms with Crippen LogP contribution in [0.3, 0.4) is 0 Å². The Morgan fingerprint density at radius 2 is 1.62 bits per heavy atom. The fourth-order valence-electron chi connectivity index (χ4n) is 3.15. The number of nitrogens with one attached hydrogen (secondary N) is 2. The van der Waals surface area contributed by atoms with Crippen molar-refractivity contribution in [1.82, 2.24) is 10.3 Å². The number of aromatic amines is 1. The van der Waals surface area contributed by atoms with Gasteiger partial charge in [-0.1, -0.05) is 18.2 Å². The van der Waals surface area contributed by atoms with E-state index in [-0.39, 0.29) is 0 Å². The van der Waals surface area contributed by atoms with Gasteiger partial charge in [0.1, 0.15) is 0 Å². The first-order valence-electron chi connectivity index (χ1n) is 8.03. The van der Waals surface area contributed by atoms with Crippen molar-refractivity contribution in [3.8, 4) is 0 Å². The maximum Gasteiger partial charge on any atom is 0.208 e. The van der Waals surface area contributed by atoms with Crippen LogP contribution >= 0.6 is 0 Å². The van der Waals surface area contributed by atoms with Crippen molar-refractivity contribution in [2.75, 3.05) is 31.1 Å². The van der Waals surface area contributed by atoms with Crippen LogP contribution in [0.1, 0.15) is 0 Å². The number of rotatable bonds is 3. The molecule has 0 saturated carbocycles. The van der Waals surface area contributed by atoms with E-state index in [1.54, 1.807) is 18.3 Å². The van der Waals surface area contributed by atoms with Gasteiger partial charge in [-0.05, 0) is 30.3 Å². The highest BCUT2D eigenvalue weighted by molar-refractivity contribution is 7.91. The third kappa shape index (κ3) is 2.57. The lowest BCUT2D eigenvalue weighted by Crippen LogP contribution is -2.43. The minimum atomic E-state index is -3.53. The lowest BCUT2D eigenvalue weighted by atomic mass is 10.2. The molecule has 1 aromatic heterocycles. The number of benzene rings is 2. The second-order valence-corrected chi connectivity index (χ2v) is 7.85. The van der Waals surface area contributed by atoms with E-state index in [9.17, 15) is 8.42 Å². The molecule has 2 heterocycles. The van der Waals surface area contributed by atoms with Gasteiger partial charge in [0.05, 0.1) is 9.79 Å². The van der Waals surface area contributed by atoms with E-state index < -0.39 is 9.84 Å². The number of anilines is 1. The van der Waals surface area contributed by atoms with Crippen molar-refractivity contribution in [3.63, 3.8) is 0 Å². The molecule has 0 unspecified atom stereocenters. The van der Waals surface area contributed by atoms with Gasteiger partial charge in [0.2, 0.25) is 9.84 Å². The van der Waals surface area contributed by atoms with Crippen molar-refractivity contribution in [2.45, 2.75) is 9.79 Å². The van der Waals surface area contributed by atoms with Crippen molar-refractivity contribution in [3.05, 3.63) is 54.7 Å². The average molecular weight is 341 g/mol. The Morgan fingerprint density at radius 3 is 2.38 bits per heavy atom. The average Bonchev–Trinajstić information content (AvgIpc) is 3.07. The van der Waals surface area contributed by atoms with Gasteiger partial charge in [0, 0.05) is 49.0 Å². The van der Waals surface area contributed by atoms with E-state index in [2.05, 4.69) is 15.2 Å². The van der Waals surface area contributed by atoms with E-state index in [0.29, 0.717) is 9.79 Å². The van der Waals surface area contributed by atoms with Crippen LogP contribution in [0.2, 0.25) is 0 Å². The molecule has 2 aromatic carbocycles. The predicted octanol–water partition coefficient (Wildman–Crippen LogP) is 2.41. The molecule has 6 heteroatoms. The van der Waals surface area contributed by atoms with Gasteiger partial charge in [-0.15, -0.1) is 0 Å². The molecular weight excluding hydrogens is 322 g/mol. The predicted molar refractivity (Wildman–Crippen MR) is 95.3 cm³/mol. The molecule has 1 saturated heterocycles. The van der Waals surface area contributed by atoms with E-state index in [1.807, 2.05) is 36.4 Å². The minimum absolute atomic E-state index is 0.325. The monoisotopic (exact) mass is 341 g/mol. The van der Waals surface area contributed by atoms with Crippen LogP contribution in [-0.4, -0.2) is 39.6 Å². The summed E-state index contributed by atoms with van der Waals surface area (Å²) in [5.74, 6) is 0. The minimum Gasteiger partial charge on any atom is -0.369 e. The third-order valence-corrected chi connectivity index (χ3v) is 6.28. The number of H-pyrrole nitrogens is 1. The summed E-state index contributed by atoms with van der Waals surface area (Å²) in [6.45, 7) is 3.79. The molecule has 3 aromatic rings. The number of aromatic nitrogens is 1. The van der Waals surface area contributed by atoms with Gasteiger partial charge in [0.15, 0.2) is 0 Å². The number of para-hydroxylation sites is 1. The van der Waals surface area contributed by atoms with Crippen LogP contribution in [0.25, 0.3) is 10.9 Å². The number of nitrogens with zero attached hydrogens (tertiary/aromatic N) is 1. The highest BCUT2D eigenvalue weighted by Gasteiger charge is 2.22. The van der Waals surface area contributed by atoms with Crippen LogP contribution in [-0.2, 0) is 9.84 Å². The van der Waals surface area contributed by atoms with Crippen molar-refractivity contribution in [2.24, 2.45) is 0 Å². The van der Waals surface area contributed by atoms with Crippen LogP contribution in [0.5, 0.6) is 0 Å². The molecule has 24 heavy (non-hydrogen) atoms. The first-order valence-corrected chi connectivity index (χ1v) is 9.51. The first-order chi connectivity index (χ1) is 11.7. The van der Waals surface area contributed by atoms with Crippen molar-refractivity contribution in [1.29, 1.82) is 0 Å². The van der Waals surface area contributed by atoms with Gasteiger partial charge in [-0.25, -0.2) is 8.42 Å². The fraction of sp³-hybridized carbons (Fsp3) is 0.222. The molecule has 1 aliphatic rings. The number of fused-ring (bicyclic) bond motifs is 1. The zero-order valence-electron chi connectivity index (χ0n) is 13.2. The van der Waals surface area contributed by atoms with Gasteiger partial charge in [0.25, 0.3) is 0 Å². The Labute approximate surface area is 141 Å². The number of sulfone groups is 1. The van der Waals surface area contributed by atoms with Gasteiger partial charge < -0.3 is 15.2 Å². The number of hydrogen-bond acceptors (Lipinski definition) is 4. The maximum absolute atomic E-state index is 13.0. The summed E-state index contributed by atoms with van der Waals surface area (Å²) in [6, 6.07) is 14.6. The van der Waals surface area contributed by atoms with Crippen LogP contribution in [0.4, 0.5) is 5.69 Å².